The molecule has 0 bridgehead atoms. The molecular formula is C27H27ClN2O. The topological polar surface area (TPSA) is 34.0 Å². The number of benzene rings is 3. The zero-order chi connectivity index (χ0) is 22.0. The Bertz CT molecular complexity index is 1210. The van der Waals surface area contributed by atoms with Gasteiger partial charge in [0.15, 0.2) is 0 Å². The molecule has 0 radical (unpaired) electrons. The van der Waals surface area contributed by atoms with Gasteiger partial charge in [0.25, 0.3) is 5.91 Å². The number of nitrogens with one attached hydrogen (secondary N) is 1. The van der Waals surface area contributed by atoms with E-state index in [2.05, 4.69) is 61.0 Å². The highest BCUT2D eigenvalue weighted by atomic mass is 35.5. The van der Waals surface area contributed by atoms with E-state index in [-0.39, 0.29) is 11.8 Å². The molecule has 31 heavy (non-hydrogen) atoms. The molecule has 1 N–H and O–H groups in total. The van der Waals surface area contributed by atoms with E-state index in [0.717, 1.165) is 22.5 Å². The molecule has 0 spiro atoms. The second-order valence-corrected chi connectivity index (χ2v) is 8.61. The molecule has 0 aliphatic rings. The molecule has 1 atom stereocenters. The van der Waals surface area contributed by atoms with Gasteiger partial charge in [-0.05, 0) is 66.8 Å². The predicted molar refractivity (Wildman–Crippen MR) is 129 cm³/mol. The van der Waals surface area contributed by atoms with Crippen molar-refractivity contribution >= 4 is 28.4 Å². The summed E-state index contributed by atoms with van der Waals surface area (Å²) in [7, 11) is 0. The largest absolute Gasteiger partial charge is 0.351 e. The van der Waals surface area contributed by atoms with Crippen molar-refractivity contribution in [3.8, 4) is 0 Å². The number of hydrogen-bond acceptors (Lipinski definition) is 1. The number of carbonyl (C=O) groups excluding carboxylic acids is 1. The summed E-state index contributed by atoms with van der Waals surface area (Å²) in [6, 6.07) is 24.2. The minimum Gasteiger partial charge on any atom is -0.351 e. The molecule has 0 aliphatic carbocycles. The van der Waals surface area contributed by atoms with Gasteiger partial charge in [-0.25, -0.2) is 0 Å². The zero-order valence-corrected chi connectivity index (χ0v) is 18.9. The Morgan fingerprint density at radius 1 is 1.00 bits per heavy atom. The average molecular weight is 431 g/mol. The summed E-state index contributed by atoms with van der Waals surface area (Å²) in [5.74, 6) is 0.227. The van der Waals surface area contributed by atoms with Crippen molar-refractivity contribution in [3.63, 3.8) is 0 Å². The normalized spacial score (nSPS) is 12.1. The highest BCUT2D eigenvalue weighted by Crippen LogP contribution is 2.27. The number of aryl methyl sites for hydroxylation is 1. The second kappa shape index (κ2) is 8.99. The Balaban J connectivity index is 1.54. The Morgan fingerprint density at radius 2 is 1.71 bits per heavy atom. The lowest BCUT2D eigenvalue weighted by atomic mass is 10.0. The van der Waals surface area contributed by atoms with Crippen molar-refractivity contribution in [2.45, 2.75) is 33.2 Å². The zero-order valence-electron chi connectivity index (χ0n) is 18.2. The van der Waals surface area contributed by atoms with Crippen LogP contribution >= 0.6 is 11.6 Å². The molecule has 0 saturated heterocycles. The Morgan fingerprint density at radius 3 is 2.42 bits per heavy atom. The third-order valence-corrected chi connectivity index (χ3v) is 6.34. The van der Waals surface area contributed by atoms with Gasteiger partial charge in [0.05, 0.1) is 0 Å². The monoisotopic (exact) mass is 430 g/mol. The van der Waals surface area contributed by atoms with Crippen LogP contribution in [0.1, 0.15) is 45.6 Å². The molecule has 0 fully saturated rings. The molecule has 1 heterocycles. The van der Waals surface area contributed by atoms with E-state index < -0.39 is 0 Å². The first kappa shape index (κ1) is 21.2. The molecule has 1 aromatic heterocycles. The van der Waals surface area contributed by atoms with Crippen LogP contribution in [0.15, 0.2) is 72.8 Å². The van der Waals surface area contributed by atoms with Crippen LogP contribution in [-0.2, 0) is 6.54 Å². The number of carbonyl (C=O) groups is 1. The summed E-state index contributed by atoms with van der Waals surface area (Å²) in [5.41, 5.74) is 6.67. The minimum absolute atomic E-state index is 0.0350. The third kappa shape index (κ3) is 4.52. The van der Waals surface area contributed by atoms with Gasteiger partial charge < -0.3 is 9.88 Å². The Kier molecular flexibility index (Phi) is 6.15. The Labute approximate surface area is 188 Å². The van der Waals surface area contributed by atoms with Crippen LogP contribution < -0.4 is 5.32 Å². The number of hydrogen-bond donors (Lipinski definition) is 1. The lowest BCUT2D eigenvalue weighted by Crippen LogP contribution is -2.27. The van der Waals surface area contributed by atoms with Crippen molar-refractivity contribution in [2.75, 3.05) is 6.54 Å². The first-order chi connectivity index (χ1) is 14.9. The van der Waals surface area contributed by atoms with Crippen LogP contribution in [0.3, 0.4) is 0 Å². The van der Waals surface area contributed by atoms with Crippen LogP contribution in [0.2, 0.25) is 5.02 Å². The van der Waals surface area contributed by atoms with Crippen LogP contribution in [0.4, 0.5) is 0 Å². The molecule has 158 valence electrons. The number of amides is 1. The standard InChI is InChI=1S/C27H27ClN2O/c1-18(22-7-5-4-6-8-22)16-29-27(31)23-11-14-26-25(15-23)19(2)20(3)30(26)17-21-9-12-24(28)13-10-21/h4-15,18H,16-17H2,1-3H3,(H,29,31)/t18-/m1/s1. The van der Waals surface area contributed by atoms with E-state index in [1.54, 1.807) is 0 Å². The lowest BCUT2D eigenvalue weighted by molar-refractivity contribution is 0.0952. The smallest absolute Gasteiger partial charge is 0.251 e. The van der Waals surface area contributed by atoms with Crippen molar-refractivity contribution in [1.29, 1.82) is 0 Å². The SMILES string of the molecule is Cc1c(C)n(Cc2ccc(Cl)cc2)c2ccc(C(=O)NC[C@@H](C)c3ccccc3)cc12. The van der Waals surface area contributed by atoms with E-state index in [0.29, 0.717) is 12.1 Å². The number of nitrogens with zero attached hydrogens (tertiary/aromatic N) is 1. The number of halogens is 1. The molecule has 4 heteroatoms. The van der Waals surface area contributed by atoms with Gasteiger partial charge in [-0.2, -0.15) is 0 Å². The van der Waals surface area contributed by atoms with E-state index in [1.807, 2.05) is 42.5 Å². The van der Waals surface area contributed by atoms with Crippen molar-refractivity contribution in [1.82, 2.24) is 9.88 Å². The van der Waals surface area contributed by atoms with E-state index in [1.165, 1.54) is 22.4 Å². The quantitative estimate of drug-likeness (QED) is 0.372. The maximum atomic E-state index is 12.8. The van der Waals surface area contributed by atoms with Gasteiger partial charge in [-0.3, -0.25) is 4.79 Å². The van der Waals surface area contributed by atoms with Gasteiger partial charge in [0.2, 0.25) is 0 Å². The molecule has 1 amide bonds. The molecule has 3 aromatic carbocycles. The molecule has 0 unspecified atom stereocenters. The highest BCUT2D eigenvalue weighted by Gasteiger charge is 2.15. The summed E-state index contributed by atoms with van der Waals surface area (Å²) in [5, 5.41) is 4.95. The fraction of sp³-hybridized carbons (Fsp3) is 0.222. The minimum atomic E-state index is -0.0350. The fourth-order valence-corrected chi connectivity index (χ4v) is 4.14. The van der Waals surface area contributed by atoms with E-state index in [4.69, 9.17) is 11.6 Å². The van der Waals surface area contributed by atoms with Crippen molar-refractivity contribution in [3.05, 3.63) is 106 Å². The van der Waals surface area contributed by atoms with Crippen LogP contribution in [0, 0.1) is 13.8 Å². The maximum Gasteiger partial charge on any atom is 0.251 e. The lowest BCUT2D eigenvalue weighted by Gasteiger charge is -2.13. The second-order valence-electron chi connectivity index (χ2n) is 8.18. The fourth-order valence-electron chi connectivity index (χ4n) is 4.01. The maximum absolute atomic E-state index is 12.8. The summed E-state index contributed by atoms with van der Waals surface area (Å²) >= 11 is 6.03. The van der Waals surface area contributed by atoms with Gasteiger partial charge in [0, 0.05) is 40.3 Å². The number of rotatable bonds is 6. The van der Waals surface area contributed by atoms with E-state index >= 15 is 0 Å². The van der Waals surface area contributed by atoms with Gasteiger partial charge in [0.1, 0.15) is 0 Å². The van der Waals surface area contributed by atoms with E-state index in [9.17, 15) is 4.79 Å². The first-order valence-corrected chi connectivity index (χ1v) is 11.0. The number of fused-ring (bicyclic) bond motifs is 1. The molecule has 0 saturated carbocycles. The van der Waals surface area contributed by atoms with Crippen molar-refractivity contribution in [2.24, 2.45) is 0 Å². The summed E-state index contributed by atoms with van der Waals surface area (Å²) in [4.78, 5) is 12.8. The molecule has 3 nitrogen and oxygen atoms in total. The molecule has 4 aromatic rings. The average Bonchev–Trinajstić information content (AvgIpc) is 3.03. The van der Waals surface area contributed by atoms with Crippen LogP contribution in [-0.4, -0.2) is 17.0 Å². The highest BCUT2D eigenvalue weighted by molar-refractivity contribution is 6.30. The molecular weight excluding hydrogens is 404 g/mol. The summed E-state index contributed by atoms with van der Waals surface area (Å²) in [6.07, 6.45) is 0. The van der Waals surface area contributed by atoms with Gasteiger partial charge >= 0.3 is 0 Å². The first-order valence-electron chi connectivity index (χ1n) is 10.6. The third-order valence-electron chi connectivity index (χ3n) is 6.09. The predicted octanol–water partition coefficient (Wildman–Crippen LogP) is 6.49. The van der Waals surface area contributed by atoms with Crippen LogP contribution in [0.25, 0.3) is 10.9 Å². The van der Waals surface area contributed by atoms with Gasteiger partial charge in [-0.1, -0.05) is 61.0 Å². The number of aromatic nitrogens is 1. The van der Waals surface area contributed by atoms with Crippen molar-refractivity contribution < 1.29 is 4.79 Å². The molecule has 4 rings (SSSR count). The summed E-state index contributed by atoms with van der Waals surface area (Å²) < 4.78 is 2.30. The molecule has 0 aliphatic heterocycles. The summed E-state index contributed by atoms with van der Waals surface area (Å²) in [6.45, 7) is 7.76. The Hall–Kier alpha value is -3.04. The van der Waals surface area contributed by atoms with Crippen LogP contribution in [0.5, 0.6) is 0 Å². The van der Waals surface area contributed by atoms with Gasteiger partial charge in [-0.15, -0.1) is 0 Å².